The smallest absolute Gasteiger partial charge is 0.490 e. The standard InChI is InChI=1S/C13H22BN3O3/c1-9(2)17(10(3)4)16-15-13-8-11(20-5)6-7-12(13)14(18)19/h6-10,18-19H,1-5H3. The minimum atomic E-state index is -1.60. The molecule has 0 fully saturated rings. The van der Waals surface area contributed by atoms with Crippen molar-refractivity contribution in [2.75, 3.05) is 7.11 Å². The number of methoxy groups -OCH3 is 1. The van der Waals surface area contributed by atoms with E-state index in [1.165, 1.54) is 0 Å². The van der Waals surface area contributed by atoms with Crippen LogP contribution in [0.3, 0.4) is 0 Å². The molecule has 0 unspecified atom stereocenters. The molecule has 0 saturated heterocycles. The Labute approximate surface area is 120 Å². The Bertz CT molecular complexity index is 456. The van der Waals surface area contributed by atoms with Gasteiger partial charge in [0.05, 0.1) is 12.8 Å². The molecule has 1 aromatic rings. The highest BCUT2D eigenvalue weighted by Crippen LogP contribution is 2.19. The zero-order chi connectivity index (χ0) is 15.3. The zero-order valence-electron chi connectivity index (χ0n) is 12.6. The topological polar surface area (TPSA) is 77.6 Å². The molecule has 0 aromatic heterocycles. The third-order valence-electron chi connectivity index (χ3n) is 2.83. The van der Waals surface area contributed by atoms with Crippen molar-refractivity contribution < 1.29 is 14.8 Å². The second-order valence-electron chi connectivity index (χ2n) is 5.06. The van der Waals surface area contributed by atoms with Crippen molar-refractivity contribution in [3.8, 4) is 5.75 Å². The maximum Gasteiger partial charge on any atom is 0.490 e. The summed E-state index contributed by atoms with van der Waals surface area (Å²) in [7, 11) is -0.0544. The summed E-state index contributed by atoms with van der Waals surface area (Å²) in [6.07, 6.45) is 0. The minimum Gasteiger partial charge on any atom is -0.497 e. The van der Waals surface area contributed by atoms with Crippen LogP contribution < -0.4 is 10.2 Å². The van der Waals surface area contributed by atoms with Gasteiger partial charge in [0.15, 0.2) is 0 Å². The number of nitrogens with zero attached hydrogens (tertiary/aromatic N) is 3. The molecule has 7 heteroatoms. The van der Waals surface area contributed by atoms with Crippen molar-refractivity contribution >= 4 is 18.3 Å². The molecule has 0 spiro atoms. The van der Waals surface area contributed by atoms with E-state index in [1.54, 1.807) is 25.3 Å². The molecule has 20 heavy (non-hydrogen) atoms. The summed E-state index contributed by atoms with van der Waals surface area (Å²) < 4.78 is 5.11. The van der Waals surface area contributed by atoms with Crippen LogP contribution in [0.15, 0.2) is 28.5 Å². The van der Waals surface area contributed by atoms with Crippen molar-refractivity contribution in [3.05, 3.63) is 18.2 Å². The summed E-state index contributed by atoms with van der Waals surface area (Å²) in [6.45, 7) is 8.08. The Kier molecular flexibility index (Phi) is 5.97. The molecule has 0 heterocycles. The first-order valence-corrected chi connectivity index (χ1v) is 6.60. The third-order valence-corrected chi connectivity index (χ3v) is 2.83. The average molecular weight is 279 g/mol. The van der Waals surface area contributed by atoms with Crippen LogP contribution in [0.5, 0.6) is 5.75 Å². The molecule has 1 aromatic carbocycles. The van der Waals surface area contributed by atoms with Gasteiger partial charge in [0.1, 0.15) is 5.75 Å². The van der Waals surface area contributed by atoms with Crippen molar-refractivity contribution in [3.63, 3.8) is 0 Å². The average Bonchev–Trinajstić information content (AvgIpc) is 2.37. The fourth-order valence-electron chi connectivity index (χ4n) is 1.86. The highest BCUT2D eigenvalue weighted by molar-refractivity contribution is 6.60. The first-order valence-electron chi connectivity index (χ1n) is 6.60. The van der Waals surface area contributed by atoms with Crippen LogP contribution >= 0.6 is 0 Å². The van der Waals surface area contributed by atoms with E-state index in [-0.39, 0.29) is 12.1 Å². The molecule has 0 aliphatic carbocycles. The second kappa shape index (κ2) is 7.26. The number of hydrogen-bond acceptors (Lipinski definition) is 5. The Balaban J connectivity index is 3.10. The summed E-state index contributed by atoms with van der Waals surface area (Å²) in [5, 5.41) is 28.9. The Morgan fingerprint density at radius 2 is 1.75 bits per heavy atom. The van der Waals surface area contributed by atoms with Crippen molar-refractivity contribution in [1.29, 1.82) is 0 Å². The molecular weight excluding hydrogens is 257 g/mol. The van der Waals surface area contributed by atoms with Gasteiger partial charge in [-0.3, -0.25) is 5.01 Å². The van der Waals surface area contributed by atoms with Gasteiger partial charge in [-0.15, -0.1) is 5.11 Å². The van der Waals surface area contributed by atoms with E-state index in [4.69, 9.17) is 4.74 Å². The maximum absolute atomic E-state index is 9.35. The molecule has 0 atom stereocenters. The largest absolute Gasteiger partial charge is 0.497 e. The molecule has 0 aliphatic heterocycles. The van der Waals surface area contributed by atoms with E-state index < -0.39 is 7.12 Å². The lowest BCUT2D eigenvalue weighted by molar-refractivity contribution is 0.169. The van der Waals surface area contributed by atoms with E-state index in [0.29, 0.717) is 16.9 Å². The quantitative estimate of drug-likeness (QED) is 0.470. The molecule has 1 rings (SSSR count). The fraction of sp³-hybridized carbons (Fsp3) is 0.538. The van der Waals surface area contributed by atoms with Gasteiger partial charge in [0, 0.05) is 23.6 Å². The highest BCUT2D eigenvalue weighted by Gasteiger charge is 2.17. The molecule has 0 amide bonds. The first kappa shape index (κ1) is 16.5. The summed E-state index contributed by atoms with van der Waals surface area (Å²) >= 11 is 0. The van der Waals surface area contributed by atoms with Gasteiger partial charge in [-0.2, -0.15) is 0 Å². The summed E-state index contributed by atoms with van der Waals surface area (Å²) in [6, 6.07) is 5.24. The van der Waals surface area contributed by atoms with Gasteiger partial charge in [-0.05, 0) is 33.8 Å². The molecule has 110 valence electrons. The van der Waals surface area contributed by atoms with Crippen LogP contribution in [0.4, 0.5) is 5.69 Å². The van der Waals surface area contributed by atoms with Crippen LogP contribution in [0.25, 0.3) is 0 Å². The summed E-state index contributed by atoms with van der Waals surface area (Å²) in [5.74, 6) is 0.587. The predicted octanol–water partition coefficient (Wildman–Crippen LogP) is 1.49. The lowest BCUT2D eigenvalue weighted by atomic mass is 9.79. The van der Waals surface area contributed by atoms with E-state index >= 15 is 0 Å². The van der Waals surface area contributed by atoms with Crippen molar-refractivity contribution in [2.45, 2.75) is 39.8 Å². The van der Waals surface area contributed by atoms with Gasteiger partial charge in [0.2, 0.25) is 0 Å². The van der Waals surface area contributed by atoms with E-state index in [2.05, 4.69) is 10.3 Å². The molecule has 6 nitrogen and oxygen atoms in total. The molecule has 0 saturated carbocycles. The van der Waals surface area contributed by atoms with Crippen LogP contribution in [0, 0.1) is 0 Å². The summed E-state index contributed by atoms with van der Waals surface area (Å²) in [4.78, 5) is 0. The highest BCUT2D eigenvalue weighted by atomic mass is 16.5. The zero-order valence-corrected chi connectivity index (χ0v) is 12.6. The lowest BCUT2D eigenvalue weighted by Gasteiger charge is -2.25. The fourth-order valence-corrected chi connectivity index (χ4v) is 1.86. The van der Waals surface area contributed by atoms with Crippen molar-refractivity contribution in [2.24, 2.45) is 10.3 Å². The predicted molar refractivity (Wildman–Crippen MR) is 79.4 cm³/mol. The first-order chi connectivity index (χ1) is 9.36. The third kappa shape index (κ3) is 4.21. The number of ether oxygens (including phenoxy) is 1. The van der Waals surface area contributed by atoms with Gasteiger partial charge in [-0.1, -0.05) is 11.3 Å². The molecule has 2 N–H and O–H groups in total. The SMILES string of the molecule is COc1ccc(B(O)O)c(N=NN(C(C)C)C(C)C)c1. The monoisotopic (exact) mass is 279 g/mol. The Hall–Kier alpha value is -1.60. The Morgan fingerprint density at radius 1 is 1.15 bits per heavy atom. The van der Waals surface area contributed by atoms with Gasteiger partial charge < -0.3 is 14.8 Å². The van der Waals surface area contributed by atoms with Crippen LogP contribution in [-0.4, -0.2) is 41.4 Å². The Morgan fingerprint density at radius 3 is 2.20 bits per heavy atom. The van der Waals surface area contributed by atoms with Crippen LogP contribution in [0.2, 0.25) is 0 Å². The second-order valence-corrected chi connectivity index (χ2v) is 5.06. The lowest BCUT2D eigenvalue weighted by Crippen LogP contribution is -2.32. The maximum atomic E-state index is 9.35. The molecule has 0 radical (unpaired) electrons. The van der Waals surface area contributed by atoms with Crippen LogP contribution in [-0.2, 0) is 0 Å². The van der Waals surface area contributed by atoms with E-state index in [1.807, 2.05) is 32.7 Å². The summed E-state index contributed by atoms with van der Waals surface area (Å²) in [5.41, 5.74) is 0.674. The van der Waals surface area contributed by atoms with Gasteiger partial charge in [-0.25, -0.2) is 0 Å². The van der Waals surface area contributed by atoms with E-state index in [9.17, 15) is 10.0 Å². The number of benzene rings is 1. The minimum absolute atomic E-state index is 0.201. The molecule has 0 aliphatic rings. The molecular formula is C13H22BN3O3. The van der Waals surface area contributed by atoms with E-state index in [0.717, 1.165) is 0 Å². The number of rotatable bonds is 6. The van der Waals surface area contributed by atoms with Gasteiger partial charge >= 0.3 is 7.12 Å². The van der Waals surface area contributed by atoms with Gasteiger partial charge in [0.25, 0.3) is 0 Å². The number of hydrogen-bond donors (Lipinski definition) is 2. The van der Waals surface area contributed by atoms with Crippen LogP contribution in [0.1, 0.15) is 27.7 Å². The van der Waals surface area contributed by atoms with Crippen molar-refractivity contribution in [1.82, 2.24) is 5.01 Å². The normalized spacial score (nSPS) is 11.4. The molecule has 0 bridgehead atoms.